The molecule has 0 aliphatic rings. The number of aromatic nitrogens is 4. The van der Waals surface area contributed by atoms with E-state index in [9.17, 15) is 0 Å². The molecule has 0 saturated heterocycles. The summed E-state index contributed by atoms with van der Waals surface area (Å²) in [5, 5.41) is 7.64. The van der Waals surface area contributed by atoms with Crippen LogP contribution < -0.4 is 5.32 Å². The molecule has 0 aromatic carbocycles. The van der Waals surface area contributed by atoms with Crippen LogP contribution in [0.5, 0.6) is 0 Å². The first-order valence-electron chi connectivity index (χ1n) is 6.27. The zero-order valence-electron chi connectivity index (χ0n) is 11.4. The van der Waals surface area contributed by atoms with Crippen LogP contribution in [0.4, 0.5) is 5.82 Å². The Labute approximate surface area is 107 Å². The molecule has 1 N–H and O–H groups in total. The maximum Gasteiger partial charge on any atom is 0.182 e. The van der Waals surface area contributed by atoms with E-state index in [4.69, 9.17) is 0 Å². The number of aryl methyl sites for hydroxylation is 2. The molecular formula is C13H19N5. The molecule has 0 unspecified atom stereocenters. The Morgan fingerprint density at radius 1 is 1.28 bits per heavy atom. The van der Waals surface area contributed by atoms with E-state index >= 15 is 0 Å². The summed E-state index contributed by atoms with van der Waals surface area (Å²) in [4.78, 5) is 9.12. The minimum Gasteiger partial charge on any atom is -0.370 e. The normalized spacial score (nSPS) is 10.7. The molecule has 0 radical (unpaired) electrons. The summed E-state index contributed by atoms with van der Waals surface area (Å²) in [6.07, 6.45) is 2.82. The molecule has 5 heteroatoms. The molecule has 2 heterocycles. The molecule has 2 rings (SSSR count). The summed E-state index contributed by atoms with van der Waals surface area (Å²) in [6.45, 7) is 7.06. The van der Waals surface area contributed by atoms with E-state index in [2.05, 4.69) is 34.2 Å². The summed E-state index contributed by atoms with van der Waals surface area (Å²) in [5.41, 5.74) is 3.00. The monoisotopic (exact) mass is 245 g/mol. The van der Waals surface area contributed by atoms with Gasteiger partial charge < -0.3 is 5.32 Å². The second kappa shape index (κ2) is 5.16. The van der Waals surface area contributed by atoms with Crippen LogP contribution in [0.3, 0.4) is 0 Å². The zero-order chi connectivity index (χ0) is 13.1. The lowest BCUT2D eigenvalue weighted by molar-refractivity contribution is 0.768. The third-order valence-electron chi connectivity index (χ3n) is 2.85. The smallest absolute Gasteiger partial charge is 0.182 e. The number of hydrogen-bond acceptors (Lipinski definition) is 4. The first kappa shape index (κ1) is 12.5. The van der Waals surface area contributed by atoms with Crippen molar-refractivity contribution in [2.75, 3.05) is 11.9 Å². The van der Waals surface area contributed by atoms with E-state index in [1.807, 2.05) is 26.2 Å². The van der Waals surface area contributed by atoms with Crippen LogP contribution in [-0.2, 0) is 13.5 Å². The van der Waals surface area contributed by atoms with Crippen molar-refractivity contribution in [1.82, 2.24) is 19.7 Å². The largest absolute Gasteiger partial charge is 0.370 e. The minimum absolute atomic E-state index is 0.682. The molecule has 96 valence electrons. The molecule has 0 saturated carbocycles. The van der Waals surface area contributed by atoms with Gasteiger partial charge in [-0.25, -0.2) is 9.97 Å². The highest BCUT2D eigenvalue weighted by molar-refractivity contribution is 5.56. The molecule has 2 aromatic heterocycles. The predicted molar refractivity (Wildman–Crippen MR) is 72.5 cm³/mol. The van der Waals surface area contributed by atoms with Crippen LogP contribution in [0.15, 0.2) is 12.3 Å². The molecule has 0 spiro atoms. The number of hydrogen-bond donors (Lipinski definition) is 1. The molecule has 0 fully saturated rings. The van der Waals surface area contributed by atoms with E-state index in [0.29, 0.717) is 5.82 Å². The standard InChI is InChI=1S/C13H19N5/c1-5-10-9(3)15-13(16-12(10)14-6-2)11-7-8-18(4)17-11/h7-8H,5-6H2,1-4H3,(H,14,15,16). The summed E-state index contributed by atoms with van der Waals surface area (Å²) < 4.78 is 1.76. The first-order valence-corrected chi connectivity index (χ1v) is 6.27. The van der Waals surface area contributed by atoms with Crippen LogP contribution in [0.1, 0.15) is 25.1 Å². The van der Waals surface area contributed by atoms with Gasteiger partial charge in [-0.2, -0.15) is 5.10 Å². The lowest BCUT2D eigenvalue weighted by Crippen LogP contribution is -2.08. The third kappa shape index (κ3) is 2.34. The van der Waals surface area contributed by atoms with Gasteiger partial charge in [0.15, 0.2) is 5.82 Å². The lowest BCUT2D eigenvalue weighted by Gasteiger charge is -2.11. The van der Waals surface area contributed by atoms with Crippen LogP contribution in [0.2, 0.25) is 0 Å². The number of anilines is 1. The topological polar surface area (TPSA) is 55.6 Å². The van der Waals surface area contributed by atoms with E-state index in [1.165, 1.54) is 5.56 Å². The Balaban J connectivity index is 2.50. The van der Waals surface area contributed by atoms with Gasteiger partial charge in [-0.1, -0.05) is 6.92 Å². The van der Waals surface area contributed by atoms with Crippen molar-refractivity contribution in [1.29, 1.82) is 0 Å². The molecule has 5 nitrogen and oxygen atoms in total. The molecule has 0 atom stereocenters. The molecule has 0 amide bonds. The molecule has 18 heavy (non-hydrogen) atoms. The Morgan fingerprint density at radius 2 is 2.06 bits per heavy atom. The first-order chi connectivity index (χ1) is 8.65. The van der Waals surface area contributed by atoms with Crippen molar-refractivity contribution < 1.29 is 0 Å². The van der Waals surface area contributed by atoms with Gasteiger partial charge in [-0.05, 0) is 26.3 Å². The van der Waals surface area contributed by atoms with Crippen LogP contribution >= 0.6 is 0 Å². The van der Waals surface area contributed by atoms with Crippen LogP contribution in [-0.4, -0.2) is 26.3 Å². The van der Waals surface area contributed by atoms with Crippen molar-refractivity contribution in [2.45, 2.75) is 27.2 Å². The molecule has 0 aliphatic carbocycles. The fraction of sp³-hybridized carbons (Fsp3) is 0.462. The maximum atomic E-state index is 4.58. The maximum absolute atomic E-state index is 4.58. The summed E-state index contributed by atoms with van der Waals surface area (Å²) in [7, 11) is 1.89. The Morgan fingerprint density at radius 3 is 2.61 bits per heavy atom. The highest BCUT2D eigenvalue weighted by atomic mass is 15.3. The van der Waals surface area contributed by atoms with Gasteiger partial charge >= 0.3 is 0 Å². The second-order valence-corrected chi connectivity index (χ2v) is 4.22. The predicted octanol–water partition coefficient (Wildman–Crippen LogP) is 2.18. The fourth-order valence-corrected chi connectivity index (χ4v) is 1.98. The van der Waals surface area contributed by atoms with Gasteiger partial charge in [0.25, 0.3) is 0 Å². The Kier molecular flexibility index (Phi) is 3.60. The SMILES string of the molecule is CCNc1nc(-c2ccn(C)n2)nc(C)c1CC. The molecule has 0 bridgehead atoms. The van der Waals surface area contributed by atoms with Crippen molar-refractivity contribution in [3.63, 3.8) is 0 Å². The van der Waals surface area contributed by atoms with E-state index in [-0.39, 0.29) is 0 Å². The summed E-state index contributed by atoms with van der Waals surface area (Å²) in [5.74, 6) is 1.61. The second-order valence-electron chi connectivity index (χ2n) is 4.22. The van der Waals surface area contributed by atoms with Crippen molar-refractivity contribution in [2.24, 2.45) is 7.05 Å². The van der Waals surface area contributed by atoms with Gasteiger partial charge in [-0.15, -0.1) is 0 Å². The van der Waals surface area contributed by atoms with Gasteiger partial charge in [-0.3, -0.25) is 4.68 Å². The van der Waals surface area contributed by atoms with Crippen LogP contribution in [0.25, 0.3) is 11.5 Å². The minimum atomic E-state index is 0.682. The summed E-state index contributed by atoms with van der Waals surface area (Å²) >= 11 is 0. The van der Waals surface area contributed by atoms with Crippen molar-refractivity contribution in [3.8, 4) is 11.5 Å². The molecular weight excluding hydrogens is 226 g/mol. The van der Waals surface area contributed by atoms with E-state index in [0.717, 1.165) is 30.2 Å². The van der Waals surface area contributed by atoms with Crippen LogP contribution in [0, 0.1) is 6.92 Å². The molecule has 0 aliphatic heterocycles. The Bertz CT molecular complexity index is 544. The fourth-order valence-electron chi connectivity index (χ4n) is 1.98. The number of nitrogens with one attached hydrogen (secondary N) is 1. The zero-order valence-corrected chi connectivity index (χ0v) is 11.4. The van der Waals surface area contributed by atoms with Crippen molar-refractivity contribution >= 4 is 5.82 Å². The summed E-state index contributed by atoms with van der Waals surface area (Å²) in [6, 6.07) is 1.93. The highest BCUT2D eigenvalue weighted by Gasteiger charge is 2.12. The highest BCUT2D eigenvalue weighted by Crippen LogP contribution is 2.21. The van der Waals surface area contributed by atoms with Gasteiger partial charge in [0.05, 0.1) is 0 Å². The van der Waals surface area contributed by atoms with Crippen molar-refractivity contribution in [3.05, 3.63) is 23.5 Å². The van der Waals surface area contributed by atoms with Gasteiger partial charge in [0.2, 0.25) is 0 Å². The number of rotatable bonds is 4. The quantitative estimate of drug-likeness (QED) is 0.897. The number of nitrogens with zero attached hydrogens (tertiary/aromatic N) is 4. The Hall–Kier alpha value is -1.91. The molecule has 2 aromatic rings. The van der Waals surface area contributed by atoms with E-state index in [1.54, 1.807) is 4.68 Å². The van der Waals surface area contributed by atoms with Gasteiger partial charge in [0.1, 0.15) is 11.5 Å². The average molecular weight is 245 g/mol. The van der Waals surface area contributed by atoms with Gasteiger partial charge in [0, 0.05) is 31.0 Å². The van der Waals surface area contributed by atoms with E-state index < -0.39 is 0 Å². The average Bonchev–Trinajstić information content (AvgIpc) is 2.76. The third-order valence-corrected chi connectivity index (χ3v) is 2.85. The lowest BCUT2D eigenvalue weighted by atomic mass is 10.1.